The first-order valence-corrected chi connectivity index (χ1v) is 10.1. The van der Waals surface area contributed by atoms with Gasteiger partial charge in [0.05, 0.1) is 5.75 Å². The number of nitrogen functional groups attached to an aromatic ring is 1. The van der Waals surface area contributed by atoms with Gasteiger partial charge < -0.3 is 15.0 Å². The van der Waals surface area contributed by atoms with Crippen LogP contribution >= 0.6 is 11.8 Å². The third-order valence-corrected chi connectivity index (χ3v) is 5.84. The Labute approximate surface area is 159 Å². The number of carbonyl (C=O) groups is 1. The fraction of sp³-hybridized carbons (Fsp3) is 0.632. The number of aromatic nitrogens is 2. The van der Waals surface area contributed by atoms with E-state index in [1.54, 1.807) is 10.6 Å². The molecule has 2 N–H and O–H groups in total. The van der Waals surface area contributed by atoms with Crippen LogP contribution in [0.15, 0.2) is 28.7 Å². The van der Waals surface area contributed by atoms with Gasteiger partial charge >= 0.3 is 5.97 Å². The molecule has 0 amide bonds. The minimum absolute atomic E-state index is 0.0315. The highest BCUT2D eigenvalue weighted by Crippen LogP contribution is 2.35. The number of nitrogens with zero attached hydrogens (tertiary/aromatic N) is 2. The Balaban J connectivity index is 2.02. The zero-order chi connectivity index (χ0) is 19.3. The van der Waals surface area contributed by atoms with Gasteiger partial charge in [-0.3, -0.25) is 9.59 Å². The molecule has 1 heterocycles. The quantitative estimate of drug-likeness (QED) is 0.339. The zero-order valence-electron chi connectivity index (χ0n) is 15.8. The first kappa shape index (κ1) is 20.6. The molecule has 1 aromatic rings. The summed E-state index contributed by atoms with van der Waals surface area (Å²) in [4.78, 5) is 28.0. The number of allylic oxidation sites excluding steroid dienone is 1. The number of nitrogens with two attached hydrogens (primary N) is 1. The first-order valence-electron chi connectivity index (χ1n) is 9.12. The van der Waals surface area contributed by atoms with Crippen LogP contribution in [0, 0.1) is 17.8 Å². The molecule has 1 fully saturated rings. The highest BCUT2D eigenvalue weighted by molar-refractivity contribution is 7.99. The smallest absolute Gasteiger partial charge is 0.316 e. The average molecular weight is 380 g/mol. The highest BCUT2D eigenvalue weighted by atomic mass is 32.2. The maximum atomic E-state index is 12.4. The summed E-state index contributed by atoms with van der Waals surface area (Å²) in [5.41, 5.74) is 5.46. The van der Waals surface area contributed by atoms with Gasteiger partial charge in [0.25, 0.3) is 5.56 Å². The van der Waals surface area contributed by atoms with Crippen LogP contribution in [0.25, 0.3) is 0 Å². The minimum Gasteiger partial charge on any atom is -0.461 e. The molecule has 0 spiro atoms. The Morgan fingerprint density at radius 3 is 2.92 bits per heavy atom. The molecular formula is C19H29N3O3S. The first-order chi connectivity index (χ1) is 12.3. The van der Waals surface area contributed by atoms with E-state index in [2.05, 4.69) is 32.3 Å². The molecule has 144 valence electrons. The summed E-state index contributed by atoms with van der Waals surface area (Å²) in [5.74, 6) is 1.60. The molecule has 26 heavy (non-hydrogen) atoms. The van der Waals surface area contributed by atoms with Gasteiger partial charge in [-0.1, -0.05) is 45.0 Å². The van der Waals surface area contributed by atoms with E-state index in [0.29, 0.717) is 35.3 Å². The van der Waals surface area contributed by atoms with Gasteiger partial charge in [-0.05, 0) is 30.6 Å². The van der Waals surface area contributed by atoms with Crippen LogP contribution in [0.2, 0.25) is 0 Å². The van der Waals surface area contributed by atoms with Crippen molar-refractivity contribution in [3.8, 4) is 0 Å². The molecule has 1 saturated carbocycles. The molecular weight excluding hydrogens is 350 g/mol. The summed E-state index contributed by atoms with van der Waals surface area (Å²) < 4.78 is 7.45. The predicted molar refractivity (Wildman–Crippen MR) is 105 cm³/mol. The number of anilines is 1. The lowest BCUT2D eigenvalue weighted by Gasteiger charge is -2.36. The number of thioether (sulfide) groups is 1. The van der Waals surface area contributed by atoms with Crippen molar-refractivity contribution in [2.24, 2.45) is 17.8 Å². The summed E-state index contributed by atoms with van der Waals surface area (Å²) in [6.07, 6.45) is 4.83. The van der Waals surface area contributed by atoms with Crippen molar-refractivity contribution in [1.82, 2.24) is 9.55 Å². The van der Waals surface area contributed by atoms with E-state index in [1.807, 2.05) is 0 Å². The number of rotatable bonds is 7. The van der Waals surface area contributed by atoms with Gasteiger partial charge in [-0.25, -0.2) is 0 Å². The molecule has 0 aromatic carbocycles. The normalized spacial score (nSPS) is 23.0. The van der Waals surface area contributed by atoms with Gasteiger partial charge in [0.15, 0.2) is 5.16 Å². The maximum absolute atomic E-state index is 12.4. The largest absolute Gasteiger partial charge is 0.461 e. The van der Waals surface area contributed by atoms with Crippen LogP contribution in [-0.2, 0) is 16.1 Å². The molecule has 3 atom stereocenters. The van der Waals surface area contributed by atoms with Crippen molar-refractivity contribution in [3.63, 3.8) is 0 Å². The standard InChI is InChI=1S/C19H29N3O3S/c1-5-8-22-16(20)10-17(23)21-19(22)26-11-18(24)25-15-9-13(4)6-7-14(15)12(2)3/h5,10,12-15H,1,6-9,11,20H2,2-4H3/t13-,14+,15+/m1/s1. The number of carbonyl (C=O) groups excluding carboxylic acids is 1. The second-order valence-electron chi connectivity index (χ2n) is 7.34. The van der Waals surface area contributed by atoms with Gasteiger partial charge in [-0.2, -0.15) is 4.98 Å². The van der Waals surface area contributed by atoms with Crippen LogP contribution in [0.1, 0.15) is 40.0 Å². The highest BCUT2D eigenvalue weighted by Gasteiger charge is 2.33. The lowest BCUT2D eigenvalue weighted by atomic mass is 9.75. The Kier molecular flexibility index (Phi) is 7.32. The average Bonchev–Trinajstić information content (AvgIpc) is 2.55. The van der Waals surface area contributed by atoms with E-state index < -0.39 is 5.56 Å². The molecule has 0 unspecified atom stereocenters. The minimum atomic E-state index is -0.417. The van der Waals surface area contributed by atoms with E-state index >= 15 is 0 Å². The molecule has 6 nitrogen and oxygen atoms in total. The fourth-order valence-electron chi connectivity index (χ4n) is 3.50. The Bertz CT molecular complexity index is 702. The summed E-state index contributed by atoms with van der Waals surface area (Å²) in [7, 11) is 0. The van der Waals surface area contributed by atoms with Crippen molar-refractivity contribution in [3.05, 3.63) is 29.1 Å². The number of hydrogen-bond donors (Lipinski definition) is 1. The second kappa shape index (κ2) is 9.26. The van der Waals surface area contributed by atoms with Gasteiger partial charge in [0, 0.05) is 12.6 Å². The summed E-state index contributed by atoms with van der Waals surface area (Å²) in [6.45, 7) is 10.7. The molecule has 7 heteroatoms. The van der Waals surface area contributed by atoms with Crippen LogP contribution < -0.4 is 11.3 Å². The second-order valence-corrected chi connectivity index (χ2v) is 8.29. The van der Waals surface area contributed by atoms with E-state index in [4.69, 9.17) is 10.5 Å². The maximum Gasteiger partial charge on any atom is 0.316 e. The summed E-state index contributed by atoms with van der Waals surface area (Å²) >= 11 is 1.17. The molecule has 0 bridgehead atoms. The van der Waals surface area contributed by atoms with Crippen LogP contribution in [0.4, 0.5) is 5.82 Å². The van der Waals surface area contributed by atoms with Crippen molar-refractivity contribution >= 4 is 23.5 Å². The lowest BCUT2D eigenvalue weighted by molar-refractivity contribution is -0.152. The zero-order valence-corrected chi connectivity index (χ0v) is 16.6. The molecule has 0 saturated heterocycles. The molecule has 0 radical (unpaired) electrons. The number of ether oxygens (including phenoxy) is 1. The lowest BCUT2D eigenvalue weighted by Crippen LogP contribution is -2.36. The Morgan fingerprint density at radius 2 is 2.27 bits per heavy atom. The van der Waals surface area contributed by atoms with Crippen LogP contribution in [-0.4, -0.2) is 27.4 Å². The van der Waals surface area contributed by atoms with Crippen molar-refractivity contribution in [2.75, 3.05) is 11.5 Å². The van der Waals surface area contributed by atoms with E-state index in [9.17, 15) is 9.59 Å². The molecule has 1 aliphatic rings. The number of esters is 1. The van der Waals surface area contributed by atoms with Crippen molar-refractivity contribution in [2.45, 2.75) is 57.8 Å². The van der Waals surface area contributed by atoms with Crippen molar-refractivity contribution < 1.29 is 9.53 Å². The van der Waals surface area contributed by atoms with Gasteiger partial charge in [-0.15, -0.1) is 6.58 Å². The van der Waals surface area contributed by atoms with Gasteiger partial charge in [0.2, 0.25) is 0 Å². The Morgan fingerprint density at radius 1 is 1.54 bits per heavy atom. The SMILES string of the molecule is C=CCn1c(N)cc(=O)nc1SCC(=O)O[C@H]1C[C@H](C)CC[C@H]1C(C)C. The third kappa shape index (κ3) is 5.37. The monoisotopic (exact) mass is 379 g/mol. The molecule has 2 rings (SSSR count). The predicted octanol–water partition coefficient (Wildman–Crippen LogP) is 3.11. The van der Waals surface area contributed by atoms with Crippen LogP contribution in [0.3, 0.4) is 0 Å². The van der Waals surface area contributed by atoms with Crippen LogP contribution in [0.5, 0.6) is 0 Å². The fourth-order valence-corrected chi connectivity index (χ4v) is 4.31. The molecule has 1 aromatic heterocycles. The molecule has 1 aliphatic carbocycles. The van der Waals surface area contributed by atoms with Gasteiger partial charge in [0.1, 0.15) is 11.9 Å². The summed E-state index contributed by atoms with van der Waals surface area (Å²) in [6, 6.07) is 1.27. The number of hydrogen-bond acceptors (Lipinski definition) is 6. The topological polar surface area (TPSA) is 87.2 Å². The van der Waals surface area contributed by atoms with E-state index in [1.165, 1.54) is 24.2 Å². The van der Waals surface area contributed by atoms with E-state index in [-0.39, 0.29) is 17.8 Å². The summed E-state index contributed by atoms with van der Waals surface area (Å²) in [5, 5.41) is 0.407. The Hall–Kier alpha value is -1.76. The van der Waals surface area contributed by atoms with E-state index in [0.717, 1.165) is 12.8 Å². The van der Waals surface area contributed by atoms with Crippen molar-refractivity contribution in [1.29, 1.82) is 0 Å². The molecule has 0 aliphatic heterocycles. The third-order valence-electron chi connectivity index (χ3n) is 4.89.